The van der Waals surface area contributed by atoms with E-state index < -0.39 is 15.7 Å². The Morgan fingerprint density at radius 2 is 1.92 bits per heavy atom. The van der Waals surface area contributed by atoms with Gasteiger partial charge in [-0.3, -0.25) is 4.79 Å². The van der Waals surface area contributed by atoms with Gasteiger partial charge >= 0.3 is 0 Å². The number of sulfone groups is 1. The summed E-state index contributed by atoms with van der Waals surface area (Å²) in [4.78, 5) is 14.5. The van der Waals surface area contributed by atoms with Crippen LogP contribution in [0.1, 0.15) is 22.3 Å². The summed E-state index contributed by atoms with van der Waals surface area (Å²) in [5, 5.41) is 0. The van der Waals surface area contributed by atoms with Crippen molar-refractivity contribution in [3.63, 3.8) is 0 Å². The molecule has 25 heavy (non-hydrogen) atoms. The van der Waals surface area contributed by atoms with Gasteiger partial charge in [-0.05, 0) is 48.4 Å². The van der Waals surface area contributed by atoms with E-state index in [0.717, 1.165) is 10.0 Å². The van der Waals surface area contributed by atoms with Crippen LogP contribution in [0, 0.1) is 5.82 Å². The summed E-state index contributed by atoms with van der Waals surface area (Å²) in [5.41, 5.74) is 1.25. The molecule has 4 nitrogen and oxygen atoms in total. The number of hydrogen-bond donors (Lipinski definition) is 0. The van der Waals surface area contributed by atoms with E-state index in [2.05, 4.69) is 15.9 Å². The van der Waals surface area contributed by atoms with E-state index >= 15 is 0 Å². The molecular formula is C18H17BrFNO3S. The van der Waals surface area contributed by atoms with Crippen molar-refractivity contribution in [2.24, 2.45) is 0 Å². The van der Waals surface area contributed by atoms with Crippen molar-refractivity contribution in [3.8, 4) is 0 Å². The number of carbonyl (C=O) groups excluding carboxylic acids is 1. The van der Waals surface area contributed by atoms with E-state index in [0.29, 0.717) is 18.5 Å². The van der Waals surface area contributed by atoms with E-state index in [1.807, 2.05) is 24.3 Å². The molecule has 1 amide bonds. The first kappa shape index (κ1) is 18.1. The Bertz CT molecular complexity index is 883. The molecular weight excluding hydrogens is 409 g/mol. The Morgan fingerprint density at radius 3 is 2.52 bits per heavy atom. The molecule has 1 heterocycles. The Labute approximate surface area is 154 Å². The van der Waals surface area contributed by atoms with E-state index in [4.69, 9.17) is 0 Å². The number of hydrogen-bond acceptors (Lipinski definition) is 3. The van der Waals surface area contributed by atoms with Gasteiger partial charge in [-0.1, -0.05) is 28.1 Å². The number of halogens is 2. The smallest absolute Gasteiger partial charge is 0.254 e. The molecule has 0 aromatic heterocycles. The van der Waals surface area contributed by atoms with Gasteiger partial charge in [-0.15, -0.1) is 0 Å². The predicted molar refractivity (Wildman–Crippen MR) is 97.5 cm³/mol. The lowest BCUT2D eigenvalue weighted by molar-refractivity contribution is 0.0681. The minimum Gasteiger partial charge on any atom is -0.330 e. The summed E-state index contributed by atoms with van der Waals surface area (Å²) in [6.45, 7) is 0.301. The fourth-order valence-electron chi connectivity index (χ4n) is 2.98. The van der Waals surface area contributed by atoms with Gasteiger partial charge in [0.2, 0.25) is 0 Å². The highest BCUT2D eigenvalue weighted by molar-refractivity contribution is 9.10. The number of benzene rings is 2. The van der Waals surface area contributed by atoms with E-state index in [1.165, 1.54) is 24.3 Å². The zero-order chi connectivity index (χ0) is 18.0. The van der Waals surface area contributed by atoms with E-state index in [1.54, 1.807) is 4.90 Å². The Balaban J connectivity index is 1.91. The molecule has 0 spiro atoms. The summed E-state index contributed by atoms with van der Waals surface area (Å²) in [6.07, 6.45) is 0.420. The lowest BCUT2D eigenvalue weighted by atomic mass is 10.1. The third-order valence-electron chi connectivity index (χ3n) is 4.24. The Morgan fingerprint density at radius 1 is 1.20 bits per heavy atom. The van der Waals surface area contributed by atoms with Crippen LogP contribution in [0.5, 0.6) is 0 Å². The second-order valence-corrected chi connectivity index (χ2v) is 9.27. The first-order valence-electron chi connectivity index (χ1n) is 7.85. The van der Waals surface area contributed by atoms with Gasteiger partial charge < -0.3 is 4.90 Å². The average Bonchev–Trinajstić information content (AvgIpc) is 2.92. The van der Waals surface area contributed by atoms with Crippen molar-refractivity contribution in [1.29, 1.82) is 0 Å². The summed E-state index contributed by atoms with van der Waals surface area (Å²) in [5.74, 6) is -0.655. The van der Waals surface area contributed by atoms with Crippen molar-refractivity contribution in [2.75, 3.05) is 11.5 Å². The van der Waals surface area contributed by atoms with Crippen molar-refractivity contribution < 1.29 is 17.6 Å². The van der Waals surface area contributed by atoms with Gasteiger partial charge in [0.25, 0.3) is 5.91 Å². The standard InChI is InChI=1S/C18H17BrFNO3S/c19-15-3-1-2-13(10-15)11-21(17-8-9-25(23,24)12-17)18(22)14-4-6-16(20)7-5-14/h1-7,10,17H,8-9,11-12H2. The van der Waals surface area contributed by atoms with Crippen LogP contribution in [0.4, 0.5) is 4.39 Å². The molecule has 1 saturated heterocycles. The van der Waals surface area contributed by atoms with Crippen molar-refractivity contribution in [1.82, 2.24) is 4.90 Å². The van der Waals surface area contributed by atoms with Gasteiger partial charge in [0.15, 0.2) is 9.84 Å². The molecule has 1 unspecified atom stereocenters. The minimum atomic E-state index is -3.13. The molecule has 0 bridgehead atoms. The zero-order valence-electron chi connectivity index (χ0n) is 13.4. The fourth-order valence-corrected chi connectivity index (χ4v) is 5.16. The quantitative estimate of drug-likeness (QED) is 0.753. The number of amides is 1. The molecule has 1 aliphatic rings. The van der Waals surface area contributed by atoms with Gasteiger partial charge in [0, 0.05) is 22.6 Å². The summed E-state index contributed by atoms with van der Waals surface area (Å²) >= 11 is 3.40. The fraction of sp³-hybridized carbons (Fsp3) is 0.278. The van der Waals surface area contributed by atoms with Crippen LogP contribution >= 0.6 is 15.9 Å². The van der Waals surface area contributed by atoms with Crippen LogP contribution in [0.2, 0.25) is 0 Å². The molecule has 1 aliphatic heterocycles. The normalized spacial score (nSPS) is 18.9. The van der Waals surface area contributed by atoms with Crippen LogP contribution < -0.4 is 0 Å². The molecule has 0 N–H and O–H groups in total. The molecule has 7 heteroatoms. The Kier molecular flexibility index (Phi) is 5.24. The van der Waals surface area contributed by atoms with Gasteiger partial charge in [0.05, 0.1) is 11.5 Å². The topological polar surface area (TPSA) is 54.5 Å². The van der Waals surface area contributed by atoms with Crippen molar-refractivity contribution >= 4 is 31.7 Å². The molecule has 1 fully saturated rings. The first-order chi connectivity index (χ1) is 11.8. The molecule has 1 atom stereocenters. The average molecular weight is 426 g/mol. The lowest BCUT2D eigenvalue weighted by Crippen LogP contribution is -2.40. The van der Waals surface area contributed by atoms with Crippen LogP contribution in [-0.4, -0.2) is 36.8 Å². The maximum Gasteiger partial charge on any atom is 0.254 e. The summed E-state index contributed by atoms with van der Waals surface area (Å²) < 4.78 is 37.7. The SMILES string of the molecule is O=C(c1ccc(F)cc1)N(Cc1cccc(Br)c1)C1CCS(=O)(=O)C1. The summed E-state index contributed by atoms with van der Waals surface area (Å²) in [6, 6.07) is 12.5. The maximum atomic E-state index is 13.1. The molecule has 0 aliphatic carbocycles. The maximum absolute atomic E-state index is 13.1. The molecule has 3 rings (SSSR count). The van der Waals surface area contributed by atoms with Gasteiger partial charge in [0.1, 0.15) is 5.82 Å². The lowest BCUT2D eigenvalue weighted by Gasteiger charge is -2.28. The monoisotopic (exact) mass is 425 g/mol. The zero-order valence-corrected chi connectivity index (χ0v) is 15.8. The summed E-state index contributed by atoms with van der Waals surface area (Å²) in [7, 11) is -3.13. The highest BCUT2D eigenvalue weighted by Gasteiger charge is 2.35. The number of nitrogens with zero attached hydrogens (tertiary/aromatic N) is 1. The largest absolute Gasteiger partial charge is 0.330 e. The minimum absolute atomic E-state index is 0.0338. The Hall–Kier alpha value is -1.73. The van der Waals surface area contributed by atoms with Gasteiger partial charge in [-0.2, -0.15) is 0 Å². The molecule has 0 radical (unpaired) electrons. The number of rotatable bonds is 4. The third kappa shape index (κ3) is 4.46. The van der Waals surface area contributed by atoms with Crippen LogP contribution in [-0.2, 0) is 16.4 Å². The molecule has 2 aromatic rings. The molecule has 0 saturated carbocycles. The van der Waals surface area contributed by atoms with Gasteiger partial charge in [-0.25, -0.2) is 12.8 Å². The van der Waals surface area contributed by atoms with Crippen LogP contribution in [0.25, 0.3) is 0 Å². The molecule has 132 valence electrons. The first-order valence-corrected chi connectivity index (χ1v) is 10.5. The van der Waals surface area contributed by atoms with E-state index in [-0.39, 0.29) is 23.5 Å². The third-order valence-corrected chi connectivity index (χ3v) is 6.49. The van der Waals surface area contributed by atoms with Crippen molar-refractivity contribution in [2.45, 2.75) is 19.0 Å². The van der Waals surface area contributed by atoms with Crippen molar-refractivity contribution in [3.05, 3.63) is 69.9 Å². The van der Waals surface area contributed by atoms with E-state index in [9.17, 15) is 17.6 Å². The second-order valence-electron chi connectivity index (χ2n) is 6.13. The number of carbonyl (C=O) groups is 1. The molecule has 2 aromatic carbocycles. The highest BCUT2D eigenvalue weighted by Crippen LogP contribution is 2.23. The van der Waals surface area contributed by atoms with Crippen LogP contribution in [0.15, 0.2) is 53.0 Å². The highest BCUT2D eigenvalue weighted by atomic mass is 79.9. The van der Waals surface area contributed by atoms with Crippen LogP contribution in [0.3, 0.4) is 0 Å². The predicted octanol–water partition coefficient (Wildman–Crippen LogP) is 3.42. The second kappa shape index (κ2) is 7.25.